The molecule has 2 heterocycles. The summed E-state index contributed by atoms with van der Waals surface area (Å²) in [6.45, 7) is 3.89. The molecule has 0 aliphatic carbocycles. The van der Waals surface area contributed by atoms with Gasteiger partial charge in [-0.15, -0.1) is 6.58 Å². The van der Waals surface area contributed by atoms with Gasteiger partial charge >= 0.3 is 0 Å². The molecule has 0 bridgehead atoms. The Labute approximate surface area is 133 Å². The maximum absolute atomic E-state index is 11.6. The minimum atomic E-state index is -0.994. The van der Waals surface area contributed by atoms with Crippen LogP contribution in [0.5, 0.6) is 0 Å². The average molecular weight is 321 g/mol. The molecule has 6 atom stereocenters. The normalized spacial score (nSPS) is 36.9. The van der Waals surface area contributed by atoms with E-state index < -0.39 is 36.7 Å². The van der Waals surface area contributed by atoms with Crippen LogP contribution in [0.3, 0.4) is 0 Å². The topological polar surface area (TPSA) is 80.1 Å². The number of hydrogen-bond acceptors (Lipinski definition) is 6. The Morgan fingerprint density at radius 2 is 2.09 bits per heavy atom. The minimum Gasteiger partial charge on any atom is -0.355 e. The summed E-state index contributed by atoms with van der Waals surface area (Å²) in [6.07, 6.45) is -1.16. The third kappa shape index (κ3) is 3.00. The standard InChI is InChI=1S/C16H19NO6/c1-3-11-13(17(18)19)14-12(22-16(11)20-2)9-21-15(23-14)10-7-5-4-6-8-10/h3-8,11-16H,1,9H2,2H3/t11-,12+,13+,14+,15?,16+/m0/s1. The molecule has 2 aliphatic heterocycles. The van der Waals surface area contributed by atoms with Crippen LogP contribution in [0.15, 0.2) is 43.0 Å². The van der Waals surface area contributed by atoms with Crippen molar-refractivity contribution in [1.29, 1.82) is 0 Å². The summed E-state index contributed by atoms with van der Waals surface area (Å²) < 4.78 is 22.5. The first-order valence-corrected chi connectivity index (χ1v) is 7.42. The van der Waals surface area contributed by atoms with E-state index in [4.69, 9.17) is 18.9 Å². The van der Waals surface area contributed by atoms with Crippen LogP contribution in [0.4, 0.5) is 0 Å². The summed E-state index contributed by atoms with van der Waals surface area (Å²) in [5, 5.41) is 11.6. The number of rotatable bonds is 4. The van der Waals surface area contributed by atoms with Crippen LogP contribution in [-0.4, -0.2) is 43.2 Å². The van der Waals surface area contributed by atoms with Crippen molar-refractivity contribution in [3.05, 3.63) is 58.7 Å². The van der Waals surface area contributed by atoms with Gasteiger partial charge in [0.05, 0.1) is 12.5 Å². The second-order valence-electron chi connectivity index (χ2n) is 5.54. The van der Waals surface area contributed by atoms with E-state index >= 15 is 0 Å². The van der Waals surface area contributed by atoms with Crippen molar-refractivity contribution >= 4 is 0 Å². The van der Waals surface area contributed by atoms with Crippen LogP contribution in [0.2, 0.25) is 0 Å². The number of hydrogen-bond donors (Lipinski definition) is 0. The Bertz CT molecular complexity index is 565. The highest BCUT2D eigenvalue weighted by molar-refractivity contribution is 5.16. The average Bonchev–Trinajstić information content (AvgIpc) is 2.59. The van der Waals surface area contributed by atoms with Gasteiger partial charge in [0.1, 0.15) is 6.10 Å². The van der Waals surface area contributed by atoms with Crippen molar-refractivity contribution in [2.24, 2.45) is 5.92 Å². The van der Waals surface area contributed by atoms with Crippen LogP contribution in [0.25, 0.3) is 0 Å². The summed E-state index contributed by atoms with van der Waals surface area (Å²) >= 11 is 0. The van der Waals surface area contributed by atoms with E-state index in [1.165, 1.54) is 13.2 Å². The Hall–Kier alpha value is -1.80. The Morgan fingerprint density at radius 1 is 1.35 bits per heavy atom. The van der Waals surface area contributed by atoms with Gasteiger partial charge in [-0.05, 0) is 0 Å². The molecule has 1 unspecified atom stereocenters. The first-order chi connectivity index (χ1) is 11.2. The van der Waals surface area contributed by atoms with Gasteiger partial charge in [-0.1, -0.05) is 36.4 Å². The summed E-state index contributed by atoms with van der Waals surface area (Å²) in [7, 11) is 1.45. The molecule has 23 heavy (non-hydrogen) atoms. The molecular weight excluding hydrogens is 302 g/mol. The number of methoxy groups -OCH3 is 1. The largest absolute Gasteiger partial charge is 0.355 e. The molecule has 0 saturated carbocycles. The van der Waals surface area contributed by atoms with Crippen LogP contribution in [-0.2, 0) is 18.9 Å². The maximum Gasteiger partial charge on any atom is 0.252 e. The fourth-order valence-corrected chi connectivity index (χ4v) is 3.12. The monoisotopic (exact) mass is 321 g/mol. The molecule has 0 aromatic heterocycles. The highest BCUT2D eigenvalue weighted by Crippen LogP contribution is 2.37. The second kappa shape index (κ2) is 6.76. The molecule has 2 aliphatic rings. The molecular formula is C16H19NO6. The number of nitro groups is 1. The van der Waals surface area contributed by atoms with Gasteiger partial charge in [0.15, 0.2) is 18.7 Å². The highest BCUT2D eigenvalue weighted by atomic mass is 16.7. The first-order valence-electron chi connectivity index (χ1n) is 7.42. The molecule has 1 aromatic rings. The molecule has 7 heteroatoms. The first kappa shape index (κ1) is 16.1. The smallest absolute Gasteiger partial charge is 0.252 e. The quantitative estimate of drug-likeness (QED) is 0.479. The van der Waals surface area contributed by atoms with E-state index in [-0.39, 0.29) is 11.5 Å². The van der Waals surface area contributed by atoms with Crippen LogP contribution in [0.1, 0.15) is 11.9 Å². The Kier molecular flexibility index (Phi) is 4.72. The zero-order valence-electron chi connectivity index (χ0n) is 12.7. The van der Waals surface area contributed by atoms with Crippen molar-refractivity contribution in [3.63, 3.8) is 0 Å². The molecule has 0 spiro atoms. The van der Waals surface area contributed by atoms with Gasteiger partial charge in [-0.3, -0.25) is 10.1 Å². The molecule has 0 N–H and O–H groups in total. The summed E-state index contributed by atoms with van der Waals surface area (Å²) in [5.74, 6) is -0.592. The van der Waals surface area contributed by atoms with Gasteiger partial charge in [-0.2, -0.15) is 0 Å². The van der Waals surface area contributed by atoms with Gasteiger partial charge in [0.25, 0.3) is 6.04 Å². The van der Waals surface area contributed by atoms with Crippen LogP contribution in [0, 0.1) is 16.0 Å². The fourth-order valence-electron chi connectivity index (χ4n) is 3.12. The second-order valence-corrected chi connectivity index (χ2v) is 5.54. The van der Waals surface area contributed by atoms with Gasteiger partial charge in [0.2, 0.25) is 0 Å². The van der Waals surface area contributed by atoms with Crippen LogP contribution < -0.4 is 0 Å². The Balaban J connectivity index is 1.86. The summed E-state index contributed by atoms with van der Waals surface area (Å²) in [6, 6.07) is 8.34. The molecule has 1 aromatic carbocycles. The van der Waals surface area contributed by atoms with Crippen LogP contribution >= 0.6 is 0 Å². The zero-order chi connectivity index (χ0) is 16.4. The third-order valence-corrected chi connectivity index (χ3v) is 4.23. The highest BCUT2D eigenvalue weighted by Gasteiger charge is 2.55. The molecule has 124 valence electrons. The van der Waals surface area contributed by atoms with E-state index in [2.05, 4.69) is 6.58 Å². The van der Waals surface area contributed by atoms with E-state index in [0.717, 1.165) is 5.56 Å². The number of ether oxygens (including phenoxy) is 4. The molecule has 2 fully saturated rings. The maximum atomic E-state index is 11.6. The van der Waals surface area contributed by atoms with E-state index in [1.54, 1.807) is 0 Å². The van der Waals surface area contributed by atoms with E-state index in [1.807, 2.05) is 30.3 Å². The molecule has 3 rings (SSSR count). The van der Waals surface area contributed by atoms with Gasteiger partial charge in [0, 0.05) is 17.6 Å². The van der Waals surface area contributed by atoms with Crippen molar-refractivity contribution in [3.8, 4) is 0 Å². The summed E-state index contributed by atoms with van der Waals surface area (Å²) in [5.41, 5.74) is 0.817. The molecule has 7 nitrogen and oxygen atoms in total. The SMILES string of the molecule is C=C[C@@H]1[C@H](OC)O[C@@H]2COC(c3ccccc3)O[C@H]2[C@@H]1[N+](=O)[O-]. The lowest BCUT2D eigenvalue weighted by Crippen LogP contribution is -2.61. The van der Waals surface area contributed by atoms with Gasteiger partial charge < -0.3 is 18.9 Å². The van der Waals surface area contributed by atoms with Crippen molar-refractivity contribution in [1.82, 2.24) is 0 Å². The lowest BCUT2D eigenvalue weighted by molar-refractivity contribution is -0.568. The number of nitrogens with zero attached hydrogens (tertiary/aromatic N) is 1. The minimum absolute atomic E-state index is 0.207. The molecule has 0 radical (unpaired) electrons. The lowest BCUT2D eigenvalue weighted by Gasteiger charge is -2.44. The number of fused-ring (bicyclic) bond motifs is 1. The molecule has 0 amide bonds. The number of benzene rings is 1. The van der Waals surface area contributed by atoms with Gasteiger partial charge in [-0.25, -0.2) is 0 Å². The van der Waals surface area contributed by atoms with E-state index in [9.17, 15) is 10.1 Å². The van der Waals surface area contributed by atoms with Crippen molar-refractivity contribution in [2.75, 3.05) is 13.7 Å². The van der Waals surface area contributed by atoms with Crippen molar-refractivity contribution < 1.29 is 23.9 Å². The fraction of sp³-hybridized carbons (Fsp3) is 0.500. The van der Waals surface area contributed by atoms with Crippen molar-refractivity contribution in [2.45, 2.75) is 30.8 Å². The lowest BCUT2D eigenvalue weighted by atomic mass is 9.88. The van der Waals surface area contributed by atoms with E-state index in [0.29, 0.717) is 0 Å². The molecule has 2 saturated heterocycles. The Morgan fingerprint density at radius 3 is 2.70 bits per heavy atom. The predicted octanol–water partition coefficient (Wildman–Crippen LogP) is 1.92. The third-order valence-electron chi connectivity index (χ3n) is 4.23. The zero-order valence-corrected chi connectivity index (χ0v) is 12.7. The predicted molar refractivity (Wildman–Crippen MR) is 80.1 cm³/mol. The summed E-state index contributed by atoms with van der Waals surface area (Å²) in [4.78, 5) is 11.3.